The van der Waals surface area contributed by atoms with E-state index in [0.29, 0.717) is 10.7 Å². The molecular formula is C22H20ClN3O2S. The predicted octanol–water partition coefficient (Wildman–Crippen LogP) is 4.76. The molecule has 1 aromatic heterocycles. The summed E-state index contributed by atoms with van der Waals surface area (Å²) in [5, 5.41) is 3.39. The van der Waals surface area contributed by atoms with E-state index in [-0.39, 0.29) is 4.90 Å². The Morgan fingerprint density at radius 2 is 1.86 bits per heavy atom. The number of fused-ring (bicyclic) bond motifs is 4. The van der Waals surface area contributed by atoms with Crippen LogP contribution in [0.25, 0.3) is 21.7 Å². The summed E-state index contributed by atoms with van der Waals surface area (Å²) in [5.41, 5.74) is 4.08. The van der Waals surface area contributed by atoms with Gasteiger partial charge in [0.2, 0.25) is 0 Å². The molecule has 4 aromatic rings. The third-order valence-corrected chi connectivity index (χ3v) is 7.12. The van der Waals surface area contributed by atoms with E-state index in [9.17, 15) is 8.42 Å². The van der Waals surface area contributed by atoms with Gasteiger partial charge in [-0.25, -0.2) is 8.42 Å². The lowest BCUT2D eigenvalue weighted by Crippen LogP contribution is -2.26. The predicted molar refractivity (Wildman–Crippen MR) is 118 cm³/mol. The Morgan fingerprint density at radius 3 is 2.72 bits per heavy atom. The number of sulfonamides is 1. The summed E-state index contributed by atoms with van der Waals surface area (Å²) in [6.45, 7) is 1.88. The van der Waals surface area contributed by atoms with Crippen molar-refractivity contribution in [2.45, 2.75) is 17.9 Å². The van der Waals surface area contributed by atoms with Crippen LogP contribution in [0.3, 0.4) is 0 Å². The molecular weight excluding hydrogens is 406 g/mol. The second-order valence-electron chi connectivity index (χ2n) is 7.59. The number of nitrogens with zero attached hydrogens (tertiary/aromatic N) is 1. The molecule has 5 nitrogen and oxygen atoms in total. The molecule has 0 unspecified atom stereocenters. The fraction of sp³-hybridized carbons (Fsp3) is 0.182. The quantitative estimate of drug-likeness (QED) is 0.497. The van der Waals surface area contributed by atoms with Crippen LogP contribution in [0.5, 0.6) is 0 Å². The van der Waals surface area contributed by atoms with Gasteiger partial charge in [0.25, 0.3) is 10.0 Å². The van der Waals surface area contributed by atoms with Gasteiger partial charge in [-0.05, 0) is 72.3 Å². The number of aromatic nitrogens is 1. The molecule has 0 saturated carbocycles. The van der Waals surface area contributed by atoms with Crippen LogP contribution in [0.4, 0.5) is 5.69 Å². The first-order chi connectivity index (χ1) is 13.9. The van der Waals surface area contributed by atoms with Gasteiger partial charge >= 0.3 is 0 Å². The van der Waals surface area contributed by atoms with Crippen LogP contribution in [0.1, 0.15) is 11.3 Å². The van der Waals surface area contributed by atoms with Crippen molar-refractivity contribution in [3.63, 3.8) is 0 Å². The molecule has 1 aliphatic heterocycles. The highest BCUT2D eigenvalue weighted by Gasteiger charge is 2.20. The van der Waals surface area contributed by atoms with Crippen molar-refractivity contribution in [3.8, 4) is 0 Å². The number of H-pyrrole nitrogens is 1. The number of nitrogens with one attached hydrogen (secondary N) is 2. The van der Waals surface area contributed by atoms with Crippen molar-refractivity contribution in [2.75, 3.05) is 18.3 Å². The Kier molecular flexibility index (Phi) is 4.31. The average Bonchev–Trinajstić information content (AvgIpc) is 3.03. The van der Waals surface area contributed by atoms with E-state index in [1.54, 1.807) is 36.4 Å². The van der Waals surface area contributed by atoms with E-state index in [1.807, 2.05) is 18.2 Å². The zero-order valence-electron chi connectivity index (χ0n) is 15.9. The lowest BCUT2D eigenvalue weighted by atomic mass is 10.0. The van der Waals surface area contributed by atoms with E-state index >= 15 is 0 Å². The molecule has 7 heteroatoms. The molecule has 0 radical (unpaired) electrons. The first-order valence-corrected chi connectivity index (χ1v) is 11.3. The Balaban J connectivity index is 1.51. The third kappa shape index (κ3) is 3.37. The molecule has 148 valence electrons. The fourth-order valence-corrected chi connectivity index (χ4v) is 5.28. The Morgan fingerprint density at radius 1 is 1.03 bits per heavy atom. The lowest BCUT2D eigenvalue weighted by Gasteiger charge is -2.22. The number of hydrogen-bond donors (Lipinski definition) is 2. The Hall–Kier alpha value is -2.54. The van der Waals surface area contributed by atoms with Gasteiger partial charge in [0.15, 0.2) is 0 Å². The van der Waals surface area contributed by atoms with Crippen molar-refractivity contribution in [1.82, 2.24) is 9.88 Å². The summed E-state index contributed by atoms with van der Waals surface area (Å²) in [6.07, 6.45) is 0.952. The number of aromatic amines is 1. The number of rotatable bonds is 3. The van der Waals surface area contributed by atoms with E-state index < -0.39 is 10.0 Å². The summed E-state index contributed by atoms with van der Waals surface area (Å²) in [4.78, 5) is 5.95. The maximum atomic E-state index is 13.0. The summed E-state index contributed by atoms with van der Waals surface area (Å²) in [7, 11) is -1.61. The van der Waals surface area contributed by atoms with Gasteiger partial charge in [0.05, 0.1) is 4.90 Å². The van der Waals surface area contributed by atoms with Crippen LogP contribution in [0.15, 0.2) is 59.5 Å². The number of hydrogen-bond acceptors (Lipinski definition) is 3. The van der Waals surface area contributed by atoms with Gasteiger partial charge in [-0.15, -0.1) is 0 Å². The molecule has 0 saturated heterocycles. The standard InChI is InChI=1S/C22H20ClN3O2S/c1-26-9-8-19-20-12-17(5-7-21(20)24-22(19)13-26)25-29(27,28)18-6-3-14-2-4-16(23)10-15(14)11-18/h2-7,10-12,24-25H,8-9,13H2,1H3. The largest absolute Gasteiger partial charge is 0.357 e. The molecule has 0 atom stereocenters. The van der Waals surface area contributed by atoms with Gasteiger partial charge < -0.3 is 9.88 Å². The topological polar surface area (TPSA) is 65.2 Å². The maximum absolute atomic E-state index is 13.0. The van der Waals surface area contributed by atoms with E-state index in [0.717, 1.165) is 41.2 Å². The lowest BCUT2D eigenvalue weighted by molar-refractivity contribution is 0.310. The van der Waals surface area contributed by atoms with Crippen LogP contribution in [0, 0.1) is 0 Å². The molecule has 0 amide bonds. The summed E-state index contributed by atoms with van der Waals surface area (Å²) < 4.78 is 28.7. The van der Waals surface area contributed by atoms with Gasteiger partial charge in [-0.3, -0.25) is 4.72 Å². The number of anilines is 1. The molecule has 0 aliphatic carbocycles. The third-order valence-electron chi connectivity index (χ3n) is 5.50. The zero-order chi connectivity index (χ0) is 20.2. The minimum Gasteiger partial charge on any atom is -0.357 e. The molecule has 29 heavy (non-hydrogen) atoms. The number of halogens is 1. The van der Waals surface area contributed by atoms with Crippen molar-refractivity contribution in [2.24, 2.45) is 0 Å². The van der Waals surface area contributed by atoms with E-state index in [1.165, 1.54) is 11.3 Å². The molecule has 2 heterocycles. The van der Waals surface area contributed by atoms with E-state index in [4.69, 9.17) is 11.6 Å². The first kappa shape index (κ1) is 18.5. The van der Waals surface area contributed by atoms with Crippen LogP contribution in [-0.2, 0) is 23.0 Å². The van der Waals surface area contributed by atoms with E-state index in [2.05, 4.69) is 21.7 Å². The first-order valence-electron chi connectivity index (χ1n) is 9.43. The van der Waals surface area contributed by atoms with Crippen LogP contribution in [-0.4, -0.2) is 31.9 Å². The Bertz CT molecular complexity index is 1360. The SMILES string of the molecule is CN1CCc2c([nH]c3ccc(NS(=O)(=O)c4ccc5ccc(Cl)cc5c4)cc23)C1. The van der Waals surface area contributed by atoms with Gasteiger partial charge in [0, 0.05) is 40.4 Å². The molecule has 0 spiro atoms. The minimum atomic E-state index is -3.71. The molecule has 3 aromatic carbocycles. The second kappa shape index (κ2) is 6.76. The Labute approximate surface area is 174 Å². The summed E-state index contributed by atoms with van der Waals surface area (Å²) >= 11 is 6.06. The van der Waals surface area contributed by atoms with Crippen molar-refractivity contribution >= 4 is 49.0 Å². The molecule has 0 bridgehead atoms. The fourth-order valence-electron chi connectivity index (χ4n) is 4.02. The maximum Gasteiger partial charge on any atom is 0.261 e. The molecule has 1 aliphatic rings. The molecule has 0 fully saturated rings. The van der Waals surface area contributed by atoms with Crippen molar-refractivity contribution in [3.05, 3.63) is 70.9 Å². The average molecular weight is 426 g/mol. The summed E-state index contributed by atoms with van der Waals surface area (Å²) in [6, 6.07) is 16.2. The highest BCUT2D eigenvalue weighted by atomic mass is 35.5. The smallest absolute Gasteiger partial charge is 0.261 e. The van der Waals surface area contributed by atoms with Gasteiger partial charge in [-0.2, -0.15) is 0 Å². The van der Waals surface area contributed by atoms with Crippen molar-refractivity contribution in [1.29, 1.82) is 0 Å². The normalized spacial score (nSPS) is 15.0. The number of benzene rings is 3. The minimum absolute atomic E-state index is 0.213. The van der Waals surface area contributed by atoms with Gasteiger partial charge in [-0.1, -0.05) is 23.7 Å². The highest BCUT2D eigenvalue weighted by Crippen LogP contribution is 2.30. The summed E-state index contributed by atoms with van der Waals surface area (Å²) in [5.74, 6) is 0. The molecule has 2 N–H and O–H groups in total. The highest BCUT2D eigenvalue weighted by molar-refractivity contribution is 7.92. The molecule has 5 rings (SSSR count). The van der Waals surface area contributed by atoms with Crippen LogP contribution >= 0.6 is 11.6 Å². The monoisotopic (exact) mass is 425 g/mol. The van der Waals surface area contributed by atoms with Crippen LogP contribution in [0.2, 0.25) is 5.02 Å². The number of likely N-dealkylation sites (N-methyl/N-ethyl adjacent to an activating group) is 1. The zero-order valence-corrected chi connectivity index (χ0v) is 17.4. The van der Waals surface area contributed by atoms with Crippen LogP contribution < -0.4 is 4.72 Å². The second-order valence-corrected chi connectivity index (χ2v) is 9.71. The van der Waals surface area contributed by atoms with Crippen molar-refractivity contribution < 1.29 is 8.42 Å². The van der Waals surface area contributed by atoms with Gasteiger partial charge in [0.1, 0.15) is 0 Å².